The molecule has 114 valence electrons. The van der Waals surface area contributed by atoms with Crippen molar-refractivity contribution in [2.45, 2.75) is 30.8 Å². The van der Waals surface area contributed by atoms with Crippen LogP contribution in [0, 0.1) is 6.92 Å². The van der Waals surface area contributed by atoms with E-state index in [0.717, 1.165) is 27.8 Å². The zero-order valence-corrected chi connectivity index (χ0v) is 13.8. The number of aryl methyl sites for hydroxylation is 1. The monoisotopic (exact) mass is 325 g/mol. The Morgan fingerprint density at radius 1 is 1.24 bits per heavy atom. The lowest BCUT2D eigenvalue weighted by atomic mass is 10.1. The van der Waals surface area contributed by atoms with Crippen molar-refractivity contribution < 1.29 is 13.2 Å². The molecule has 1 aliphatic rings. The molecule has 0 atom stereocenters. The molecule has 1 fully saturated rings. The van der Waals surface area contributed by atoms with Crippen LogP contribution in [-0.4, -0.2) is 39.0 Å². The number of hydrogen-bond acceptors (Lipinski definition) is 4. The summed E-state index contributed by atoms with van der Waals surface area (Å²) >= 11 is 1.54. The van der Waals surface area contributed by atoms with Gasteiger partial charge in [0.25, 0.3) is 0 Å². The fourth-order valence-corrected chi connectivity index (χ4v) is 6.14. The quantitative estimate of drug-likeness (QED) is 0.871. The van der Waals surface area contributed by atoms with E-state index in [4.69, 9.17) is 4.74 Å². The van der Waals surface area contributed by atoms with Crippen molar-refractivity contribution in [1.82, 2.24) is 4.31 Å². The normalized spacial score (nSPS) is 18.4. The van der Waals surface area contributed by atoms with E-state index < -0.39 is 10.0 Å². The summed E-state index contributed by atoms with van der Waals surface area (Å²) in [7, 11) is -1.73. The van der Waals surface area contributed by atoms with Crippen LogP contribution in [0.5, 0.6) is 0 Å². The van der Waals surface area contributed by atoms with E-state index >= 15 is 0 Å². The number of thiophene rings is 1. The number of fused-ring (bicyclic) bond motifs is 1. The van der Waals surface area contributed by atoms with Crippen molar-refractivity contribution in [3.63, 3.8) is 0 Å². The van der Waals surface area contributed by atoms with Crippen molar-refractivity contribution in [3.05, 3.63) is 29.1 Å². The van der Waals surface area contributed by atoms with E-state index in [1.807, 2.05) is 31.2 Å². The standard InChI is InChI=1S/C15H19NO3S2/c1-11-15(13-5-3-4-6-14(13)20-11)21(17,18)16-9-7-12(19-2)8-10-16/h3-6,12H,7-10H2,1-2H3. The molecule has 0 aliphatic carbocycles. The van der Waals surface area contributed by atoms with Crippen LogP contribution in [0.4, 0.5) is 0 Å². The minimum Gasteiger partial charge on any atom is -0.381 e. The Kier molecular flexibility index (Phi) is 4.05. The lowest BCUT2D eigenvalue weighted by Crippen LogP contribution is -2.40. The van der Waals surface area contributed by atoms with E-state index in [2.05, 4.69) is 0 Å². The van der Waals surface area contributed by atoms with Gasteiger partial charge in [-0.3, -0.25) is 0 Å². The zero-order valence-electron chi connectivity index (χ0n) is 12.2. The highest BCUT2D eigenvalue weighted by Crippen LogP contribution is 2.36. The molecule has 0 N–H and O–H groups in total. The molecule has 6 heteroatoms. The van der Waals surface area contributed by atoms with Crippen LogP contribution in [0.2, 0.25) is 0 Å². The molecule has 0 unspecified atom stereocenters. The smallest absolute Gasteiger partial charge is 0.244 e. The molecule has 0 saturated carbocycles. The molecular weight excluding hydrogens is 306 g/mol. The number of benzene rings is 1. The van der Waals surface area contributed by atoms with Gasteiger partial charge in [-0.15, -0.1) is 11.3 Å². The molecule has 0 spiro atoms. The second kappa shape index (κ2) is 5.68. The first-order valence-corrected chi connectivity index (χ1v) is 9.31. The highest BCUT2D eigenvalue weighted by molar-refractivity contribution is 7.89. The molecule has 0 bridgehead atoms. The van der Waals surface area contributed by atoms with Crippen LogP contribution < -0.4 is 0 Å². The Balaban J connectivity index is 1.99. The van der Waals surface area contributed by atoms with Crippen molar-refractivity contribution in [2.24, 2.45) is 0 Å². The molecule has 1 aromatic heterocycles. The molecule has 0 radical (unpaired) electrons. The molecular formula is C15H19NO3S2. The SMILES string of the molecule is COC1CCN(S(=O)(=O)c2c(C)sc3ccccc23)CC1. The number of methoxy groups -OCH3 is 1. The largest absolute Gasteiger partial charge is 0.381 e. The number of ether oxygens (including phenoxy) is 1. The molecule has 21 heavy (non-hydrogen) atoms. The Hall–Kier alpha value is -0.950. The van der Waals surface area contributed by atoms with Crippen LogP contribution in [0.25, 0.3) is 10.1 Å². The second-order valence-electron chi connectivity index (χ2n) is 5.32. The minimum absolute atomic E-state index is 0.178. The highest BCUT2D eigenvalue weighted by atomic mass is 32.2. The fourth-order valence-electron chi connectivity index (χ4n) is 2.90. The fraction of sp³-hybridized carbons (Fsp3) is 0.467. The van der Waals surface area contributed by atoms with E-state index in [-0.39, 0.29) is 6.10 Å². The molecule has 1 aliphatic heterocycles. The molecule has 3 rings (SSSR count). The molecule has 1 aromatic carbocycles. The lowest BCUT2D eigenvalue weighted by molar-refractivity contribution is 0.0604. The van der Waals surface area contributed by atoms with Crippen LogP contribution in [-0.2, 0) is 14.8 Å². The Morgan fingerprint density at radius 3 is 2.57 bits per heavy atom. The molecule has 4 nitrogen and oxygen atoms in total. The van der Waals surface area contributed by atoms with Gasteiger partial charge in [-0.05, 0) is 25.8 Å². The minimum atomic E-state index is -3.42. The van der Waals surface area contributed by atoms with Gasteiger partial charge in [0, 0.05) is 35.2 Å². The van der Waals surface area contributed by atoms with Crippen molar-refractivity contribution >= 4 is 31.4 Å². The van der Waals surface area contributed by atoms with Gasteiger partial charge in [-0.2, -0.15) is 4.31 Å². The first kappa shape index (κ1) is 15.0. The van der Waals surface area contributed by atoms with Crippen molar-refractivity contribution in [3.8, 4) is 0 Å². The van der Waals surface area contributed by atoms with Gasteiger partial charge in [0.05, 0.1) is 6.10 Å². The lowest BCUT2D eigenvalue weighted by Gasteiger charge is -2.30. The maximum atomic E-state index is 13.0. The number of sulfonamides is 1. The molecule has 2 heterocycles. The number of hydrogen-bond donors (Lipinski definition) is 0. The van der Waals surface area contributed by atoms with Gasteiger partial charge >= 0.3 is 0 Å². The Bertz CT molecular complexity index is 743. The van der Waals surface area contributed by atoms with Crippen LogP contribution in [0.15, 0.2) is 29.2 Å². The number of nitrogens with zero attached hydrogens (tertiary/aromatic N) is 1. The third-order valence-corrected chi connectivity index (χ3v) is 7.35. The first-order valence-electron chi connectivity index (χ1n) is 7.05. The summed E-state index contributed by atoms with van der Waals surface area (Å²) in [4.78, 5) is 1.35. The molecule has 2 aromatic rings. The van der Waals surface area contributed by atoms with Crippen LogP contribution in [0.3, 0.4) is 0 Å². The average molecular weight is 325 g/mol. The van der Waals surface area contributed by atoms with Gasteiger partial charge in [-0.1, -0.05) is 18.2 Å². The second-order valence-corrected chi connectivity index (χ2v) is 8.45. The first-order chi connectivity index (χ1) is 10.0. The maximum Gasteiger partial charge on any atom is 0.244 e. The number of rotatable bonds is 3. The highest BCUT2D eigenvalue weighted by Gasteiger charge is 2.32. The summed E-state index contributed by atoms with van der Waals surface area (Å²) in [6.45, 7) is 2.95. The van der Waals surface area contributed by atoms with Gasteiger partial charge < -0.3 is 4.74 Å². The Morgan fingerprint density at radius 2 is 1.90 bits per heavy atom. The van der Waals surface area contributed by atoms with Crippen LogP contribution >= 0.6 is 11.3 Å². The van der Waals surface area contributed by atoms with E-state index in [9.17, 15) is 8.42 Å². The number of piperidine rings is 1. The third kappa shape index (κ3) is 2.61. The summed E-state index contributed by atoms with van der Waals surface area (Å²) in [6.07, 6.45) is 1.70. The summed E-state index contributed by atoms with van der Waals surface area (Å²) in [5.41, 5.74) is 0. The van der Waals surface area contributed by atoms with E-state index in [0.29, 0.717) is 18.0 Å². The van der Waals surface area contributed by atoms with Crippen molar-refractivity contribution in [1.29, 1.82) is 0 Å². The van der Waals surface area contributed by atoms with Gasteiger partial charge in [-0.25, -0.2) is 8.42 Å². The van der Waals surface area contributed by atoms with E-state index in [1.54, 1.807) is 22.8 Å². The van der Waals surface area contributed by atoms with Gasteiger partial charge in [0.2, 0.25) is 10.0 Å². The van der Waals surface area contributed by atoms with E-state index in [1.165, 1.54) is 0 Å². The van der Waals surface area contributed by atoms with Crippen molar-refractivity contribution in [2.75, 3.05) is 20.2 Å². The Labute approximate surface area is 129 Å². The van der Waals surface area contributed by atoms with Crippen LogP contribution in [0.1, 0.15) is 17.7 Å². The predicted molar refractivity (Wildman–Crippen MR) is 85.4 cm³/mol. The predicted octanol–water partition coefficient (Wildman–Crippen LogP) is 3.01. The molecule has 0 amide bonds. The average Bonchev–Trinajstić information content (AvgIpc) is 2.83. The topological polar surface area (TPSA) is 46.6 Å². The van der Waals surface area contributed by atoms with Gasteiger partial charge in [0.15, 0.2) is 0 Å². The van der Waals surface area contributed by atoms with Gasteiger partial charge in [0.1, 0.15) is 4.90 Å². The summed E-state index contributed by atoms with van der Waals surface area (Å²) in [5, 5.41) is 0.842. The third-order valence-electron chi connectivity index (χ3n) is 4.05. The summed E-state index contributed by atoms with van der Waals surface area (Å²) < 4.78 is 33.9. The zero-order chi connectivity index (χ0) is 15.0. The maximum absolute atomic E-state index is 13.0. The summed E-state index contributed by atoms with van der Waals surface area (Å²) in [6, 6.07) is 7.71. The molecule has 1 saturated heterocycles. The summed E-state index contributed by atoms with van der Waals surface area (Å²) in [5.74, 6) is 0.